The maximum atomic E-state index is 14.0. The molecule has 2 aromatic rings. The Morgan fingerprint density at radius 1 is 0.724 bits per heavy atom. The zero-order valence-corrected chi connectivity index (χ0v) is 44.1. The molecule has 420 valence electrons. The fourth-order valence-corrected chi connectivity index (χ4v) is 9.13. The van der Waals surface area contributed by atoms with E-state index in [-0.39, 0.29) is 102 Å². The molecule has 0 spiro atoms. The number of aliphatic imine (C=N–C) groups is 1. The van der Waals surface area contributed by atoms with Gasteiger partial charge in [-0.1, -0.05) is 24.3 Å². The SMILES string of the molecule is C[C@@H](NC(=O)c1ccc(C(=O)NCCCCCN(C)C(=O)[C@H](CCCN=C(N)N(C)C)NC(=O)CN2CCN(CC(=O)O)CCN(CC(N)=O)CCN(CC(=O)O)CC2)c2ccccc12)C(=O)N1C[C@@H](O)C[C@H]1B(O)O. The monoisotopic (exact) mass is 1070 g/mol. The van der Waals surface area contributed by atoms with Crippen LogP contribution in [-0.4, -0.2) is 270 Å². The summed E-state index contributed by atoms with van der Waals surface area (Å²) < 4.78 is 0. The molecule has 76 heavy (non-hydrogen) atoms. The number of carboxylic acid groups (broad SMARTS) is 2. The Kier molecular flexibility index (Phi) is 25.2. The lowest BCUT2D eigenvalue weighted by atomic mass is 9.77. The summed E-state index contributed by atoms with van der Waals surface area (Å²) in [6, 6.07) is 7.89. The molecule has 2 saturated heterocycles. The maximum absolute atomic E-state index is 14.0. The standard InChI is InChI=1S/C49H78BN13O13/c1-33(47(73)63-28-34(64)27-40(63)50(75)76)55-46(72)38-15-14-37(35-11-6-7-12-36(35)38)45(71)53-16-8-5-9-18-58(4)48(74)39(13-10-17-54-49(52)57(2)3)56-42(66)30-60-21-25-61(31-43(67)68)23-19-59(29-41(51)65)20-24-62(26-22-60)32-44(69)70/h6-7,11-12,14-15,33-34,39-40,64,75-76H,5,8-10,13,16-32H2,1-4H3,(H2,51,65)(H2,52,54)(H,53,71)(H,55,72)(H,56,66)(H,67,68)(H,69,70)/t33-,34+,39+,40+/m1/s1. The van der Waals surface area contributed by atoms with Gasteiger partial charge in [-0.25, -0.2) is 0 Å². The van der Waals surface area contributed by atoms with Gasteiger partial charge >= 0.3 is 19.1 Å². The average molecular weight is 1070 g/mol. The lowest BCUT2D eigenvalue weighted by Crippen LogP contribution is -2.52. The van der Waals surface area contributed by atoms with E-state index in [1.807, 2.05) is 0 Å². The number of likely N-dealkylation sites (N-methyl/N-ethyl adjacent to an activating group) is 1. The first-order valence-electron chi connectivity index (χ1n) is 25.6. The van der Waals surface area contributed by atoms with Crippen LogP contribution >= 0.6 is 0 Å². The van der Waals surface area contributed by atoms with Gasteiger partial charge in [0, 0.05) is 111 Å². The Hall–Kier alpha value is -6.49. The summed E-state index contributed by atoms with van der Waals surface area (Å²) in [5, 5.41) is 58.2. The molecule has 2 aliphatic heterocycles. The van der Waals surface area contributed by atoms with E-state index in [9.17, 15) is 63.7 Å². The number of benzene rings is 2. The number of unbranched alkanes of at least 4 members (excludes halogenated alkanes) is 2. The number of likely N-dealkylation sites (tertiary alicyclic amines) is 1. The molecule has 27 heteroatoms. The zero-order valence-electron chi connectivity index (χ0n) is 44.1. The number of hydrogen-bond acceptors (Lipinski definition) is 16. The van der Waals surface area contributed by atoms with E-state index in [1.165, 1.54) is 19.1 Å². The predicted molar refractivity (Wildman–Crippen MR) is 283 cm³/mol. The summed E-state index contributed by atoms with van der Waals surface area (Å²) in [6.07, 6.45) is 1.49. The van der Waals surface area contributed by atoms with Gasteiger partial charge in [-0.3, -0.25) is 62.9 Å². The molecule has 0 saturated carbocycles. The van der Waals surface area contributed by atoms with E-state index >= 15 is 0 Å². The second-order valence-corrected chi connectivity index (χ2v) is 19.6. The summed E-state index contributed by atoms with van der Waals surface area (Å²) in [5.41, 5.74) is 12.0. The number of carbonyl (C=O) groups excluding carboxylic acids is 6. The van der Waals surface area contributed by atoms with Crippen LogP contribution in [0.5, 0.6) is 0 Å². The van der Waals surface area contributed by atoms with Crippen molar-refractivity contribution in [1.82, 2.24) is 50.2 Å². The third kappa shape index (κ3) is 20.2. The fourth-order valence-electron chi connectivity index (χ4n) is 9.13. The van der Waals surface area contributed by atoms with Gasteiger partial charge in [0.2, 0.25) is 23.6 Å². The molecule has 0 aliphatic carbocycles. The molecule has 26 nitrogen and oxygen atoms in total. The van der Waals surface area contributed by atoms with Crippen LogP contribution in [-0.2, 0) is 28.8 Å². The number of carbonyl (C=O) groups is 8. The lowest BCUT2D eigenvalue weighted by molar-refractivity contribution is -0.139. The van der Waals surface area contributed by atoms with Crippen LogP contribution in [0.4, 0.5) is 0 Å². The first kappa shape index (κ1) is 62.1. The molecule has 2 aliphatic rings. The summed E-state index contributed by atoms with van der Waals surface area (Å²) >= 11 is 0. The van der Waals surface area contributed by atoms with Crippen molar-refractivity contribution >= 4 is 71.2 Å². The number of aliphatic carboxylic acids is 2. The average Bonchev–Trinajstić information content (AvgIpc) is 3.76. The molecular weight excluding hydrogens is 989 g/mol. The van der Waals surface area contributed by atoms with E-state index < -0.39 is 66.8 Å². The van der Waals surface area contributed by atoms with Crippen molar-refractivity contribution in [3.05, 3.63) is 47.5 Å². The number of rotatable bonds is 25. The van der Waals surface area contributed by atoms with E-state index in [4.69, 9.17) is 11.5 Å². The van der Waals surface area contributed by atoms with Crippen molar-refractivity contribution < 1.29 is 63.7 Å². The third-order valence-electron chi connectivity index (χ3n) is 13.3. The first-order valence-corrected chi connectivity index (χ1v) is 25.6. The number of β-amino-alcohol motifs (C(OH)–C–C–N with tert-alkyl or cyclic N) is 1. The molecular formula is C49H78BN13O13. The van der Waals surface area contributed by atoms with Crippen molar-refractivity contribution in [3.8, 4) is 0 Å². The van der Waals surface area contributed by atoms with E-state index in [0.29, 0.717) is 80.7 Å². The number of fused-ring (bicyclic) bond motifs is 1. The molecule has 0 bridgehead atoms. The molecule has 2 heterocycles. The van der Waals surface area contributed by atoms with Crippen LogP contribution in [0.3, 0.4) is 0 Å². The van der Waals surface area contributed by atoms with Crippen LogP contribution in [0.2, 0.25) is 0 Å². The van der Waals surface area contributed by atoms with Gasteiger partial charge in [0.25, 0.3) is 11.8 Å². The minimum atomic E-state index is -1.86. The Balaban J connectivity index is 1.35. The number of aliphatic hydroxyl groups is 1. The second-order valence-electron chi connectivity index (χ2n) is 19.6. The van der Waals surface area contributed by atoms with Crippen LogP contribution in [0.1, 0.15) is 66.2 Å². The second kappa shape index (κ2) is 30.9. The van der Waals surface area contributed by atoms with E-state index in [2.05, 4.69) is 20.9 Å². The molecule has 0 unspecified atom stereocenters. The molecule has 0 aromatic heterocycles. The number of hydrogen-bond donors (Lipinski definition) is 10. The van der Waals surface area contributed by atoms with Crippen LogP contribution < -0.4 is 27.4 Å². The summed E-state index contributed by atoms with van der Waals surface area (Å²) in [4.78, 5) is 119. The van der Waals surface area contributed by atoms with Gasteiger partial charge in [-0.2, -0.15) is 0 Å². The normalized spacial score (nSPS) is 18.4. The van der Waals surface area contributed by atoms with Gasteiger partial charge in [0.1, 0.15) is 12.1 Å². The van der Waals surface area contributed by atoms with Gasteiger partial charge in [0.05, 0.1) is 38.2 Å². The molecule has 0 radical (unpaired) electrons. The first-order chi connectivity index (χ1) is 36.0. The van der Waals surface area contributed by atoms with Crippen LogP contribution in [0.15, 0.2) is 41.4 Å². The minimum Gasteiger partial charge on any atom is -0.480 e. The molecule has 2 aromatic carbocycles. The van der Waals surface area contributed by atoms with Gasteiger partial charge in [-0.05, 0) is 68.4 Å². The maximum Gasteiger partial charge on any atom is 0.475 e. The Bertz CT molecular complexity index is 2310. The Labute approximate surface area is 443 Å². The molecule has 2 fully saturated rings. The number of aliphatic hydroxyl groups excluding tert-OH is 1. The topological polar surface area (TPSA) is 361 Å². The highest BCUT2D eigenvalue weighted by Crippen LogP contribution is 2.24. The number of carboxylic acids is 2. The molecule has 6 amide bonds. The van der Waals surface area contributed by atoms with Gasteiger partial charge in [-0.15, -0.1) is 0 Å². The van der Waals surface area contributed by atoms with Crippen molar-refractivity contribution in [3.63, 3.8) is 0 Å². The number of guanidine groups is 1. The third-order valence-corrected chi connectivity index (χ3v) is 13.3. The highest BCUT2D eigenvalue weighted by Gasteiger charge is 2.42. The van der Waals surface area contributed by atoms with Crippen molar-refractivity contribution in [2.75, 3.05) is 126 Å². The Morgan fingerprint density at radius 3 is 1.76 bits per heavy atom. The lowest BCUT2D eigenvalue weighted by Gasteiger charge is -2.33. The van der Waals surface area contributed by atoms with Crippen molar-refractivity contribution in [2.45, 2.75) is 69.6 Å². The number of amides is 6. The zero-order chi connectivity index (χ0) is 56.1. The quantitative estimate of drug-likeness (QED) is 0.0198. The van der Waals surface area contributed by atoms with E-state index in [1.54, 1.807) is 74.8 Å². The van der Waals surface area contributed by atoms with Gasteiger partial charge < -0.3 is 67.5 Å². The fraction of sp³-hybridized carbons (Fsp3) is 0.612. The number of primary amides is 1. The highest BCUT2D eigenvalue weighted by molar-refractivity contribution is 6.43. The number of nitrogens with two attached hydrogens (primary N) is 2. The van der Waals surface area contributed by atoms with Crippen molar-refractivity contribution in [2.24, 2.45) is 16.5 Å². The summed E-state index contributed by atoms with van der Waals surface area (Å²) in [6.45, 7) is 3.62. The predicted octanol–water partition coefficient (Wildman–Crippen LogP) is -3.69. The van der Waals surface area contributed by atoms with Gasteiger partial charge in [0.15, 0.2) is 5.96 Å². The minimum absolute atomic E-state index is 0.0122. The molecule has 4 atom stereocenters. The van der Waals surface area contributed by atoms with Crippen LogP contribution in [0, 0.1) is 0 Å². The summed E-state index contributed by atoms with van der Waals surface area (Å²) in [5.74, 6) is -5.70. The van der Waals surface area contributed by atoms with Crippen molar-refractivity contribution in [1.29, 1.82) is 0 Å². The molecule has 4 rings (SSSR count). The Morgan fingerprint density at radius 2 is 1.25 bits per heavy atom. The van der Waals surface area contributed by atoms with E-state index in [0.717, 1.165) is 4.90 Å². The smallest absolute Gasteiger partial charge is 0.475 e. The van der Waals surface area contributed by atoms with Crippen LogP contribution in [0.25, 0.3) is 10.8 Å². The number of nitrogens with one attached hydrogen (secondary N) is 3. The molecule has 12 N–H and O–H groups in total. The largest absolute Gasteiger partial charge is 0.480 e. The summed E-state index contributed by atoms with van der Waals surface area (Å²) in [7, 11) is 3.29. The number of nitrogens with zero attached hydrogens (tertiary/aromatic N) is 8. The highest BCUT2D eigenvalue weighted by atomic mass is 16.4.